The predicted molar refractivity (Wildman–Crippen MR) is 92.4 cm³/mol. The number of hydrogen-bond donors (Lipinski definition) is 0. The number of fused-ring (bicyclic) bond motifs is 5. The lowest BCUT2D eigenvalue weighted by Crippen LogP contribution is -2.37. The van der Waals surface area contributed by atoms with Gasteiger partial charge in [0.25, 0.3) is 0 Å². The average molecular weight is 427 g/mol. The Bertz CT molecular complexity index is 637. The number of nitrogens with zero attached hydrogens (tertiary/aromatic N) is 1. The summed E-state index contributed by atoms with van der Waals surface area (Å²) in [6.45, 7) is 3.93. The van der Waals surface area contributed by atoms with Crippen LogP contribution in [0.25, 0.3) is 0 Å². The van der Waals surface area contributed by atoms with Gasteiger partial charge in [0.15, 0.2) is 0 Å². The minimum absolute atomic E-state index is 0.00347. The third kappa shape index (κ3) is 1.72. The van der Waals surface area contributed by atoms with Crippen LogP contribution in [0.15, 0.2) is 18.2 Å². The lowest BCUT2D eigenvalue weighted by atomic mass is 9.81. The summed E-state index contributed by atoms with van der Waals surface area (Å²) >= 11 is 7.44. The van der Waals surface area contributed by atoms with Crippen molar-refractivity contribution in [3.05, 3.63) is 29.3 Å². The van der Waals surface area contributed by atoms with Crippen LogP contribution in [0.5, 0.6) is 0 Å². The van der Waals surface area contributed by atoms with E-state index in [1.165, 1.54) is 4.90 Å². The molecular weight excluding hydrogens is 410 g/mol. The van der Waals surface area contributed by atoms with Gasteiger partial charge in [0.05, 0.1) is 17.5 Å². The molecule has 0 radical (unpaired) electrons. The number of amides is 2. The molecule has 0 spiro atoms. The standard InChI is InChI=1S/C17H17Br2NO2/c1-7-4-3-5-8(2)15(7)20-16(21)11-9-6-10(12(11)17(20)22)14(19)13(9)18/h3-5,9-14H,6H2,1-2H3/t9-,10-,11-,12-,13-,14+/m1/s1. The number of carbonyl (C=O) groups is 2. The Balaban J connectivity index is 1.80. The molecule has 3 fully saturated rings. The second-order valence-corrected chi connectivity index (χ2v) is 8.87. The molecule has 3 aliphatic rings. The van der Waals surface area contributed by atoms with E-state index in [9.17, 15) is 9.59 Å². The van der Waals surface area contributed by atoms with Crippen molar-refractivity contribution >= 4 is 49.4 Å². The molecule has 0 unspecified atom stereocenters. The van der Waals surface area contributed by atoms with Crippen LogP contribution in [0.2, 0.25) is 0 Å². The summed E-state index contributed by atoms with van der Waals surface area (Å²) in [6.07, 6.45) is 0.971. The second-order valence-electron chi connectivity index (χ2n) is 6.76. The maximum absolute atomic E-state index is 13.0. The Kier molecular flexibility index (Phi) is 3.32. The molecule has 116 valence electrons. The minimum atomic E-state index is -0.144. The van der Waals surface area contributed by atoms with E-state index in [0.29, 0.717) is 0 Å². The molecule has 2 bridgehead atoms. The van der Waals surface area contributed by atoms with Gasteiger partial charge in [-0.3, -0.25) is 9.59 Å². The normalized spacial score (nSPS) is 39.7. The first-order valence-electron chi connectivity index (χ1n) is 7.65. The van der Waals surface area contributed by atoms with E-state index < -0.39 is 0 Å². The molecule has 0 aromatic heterocycles. The Morgan fingerprint density at radius 1 is 0.955 bits per heavy atom. The predicted octanol–water partition coefficient (Wildman–Crippen LogP) is 3.59. The first-order valence-corrected chi connectivity index (χ1v) is 9.48. The van der Waals surface area contributed by atoms with Crippen LogP contribution in [0.4, 0.5) is 5.69 Å². The van der Waals surface area contributed by atoms with E-state index in [2.05, 4.69) is 31.9 Å². The highest BCUT2D eigenvalue weighted by molar-refractivity contribution is 9.12. The van der Waals surface area contributed by atoms with Crippen molar-refractivity contribution in [1.29, 1.82) is 0 Å². The van der Waals surface area contributed by atoms with E-state index in [4.69, 9.17) is 0 Å². The number of imide groups is 1. The monoisotopic (exact) mass is 425 g/mol. The fraction of sp³-hybridized carbons (Fsp3) is 0.529. The number of benzene rings is 1. The lowest BCUT2D eigenvalue weighted by Gasteiger charge is -2.28. The first kappa shape index (κ1) is 14.9. The highest BCUT2D eigenvalue weighted by Crippen LogP contribution is 2.60. The highest BCUT2D eigenvalue weighted by atomic mass is 79.9. The molecule has 4 rings (SSSR count). The van der Waals surface area contributed by atoms with Gasteiger partial charge in [0, 0.05) is 9.65 Å². The molecule has 6 atom stereocenters. The number of para-hydroxylation sites is 1. The number of halogens is 2. The molecule has 22 heavy (non-hydrogen) atoms. The molecule has 1 saturated heterocycles. The number of carbonyl (C=O) groups excluding carboxylic acids is 2. The maximum atomic E-state index is 13.0. The van der Waals surface area contributed by atoms with Crippen molar-refractivity contribution < 1.29 is 9.59 Å². The van der Waals surface area contributed by atoms with E-state index in [1.54, 1.807) is 0 Å². The van der Waals surface area contributed by atoms with Gasteiger partial charge in [0.2, 0.25) is 11.8 Å². The van der Waals surface area contributed by atoms with Crippen LogP contribution in [0, 0.1) is 37.5 Å². The second kappa shape index (κ2) is 4.91. The zero-order valence-corrected chi connectivity index (χ0v) is 15.6. The summed E-state index contributed by atoms with van der Waals surface area (Å²) < 4.78 is 0. The third-order valence-electron chi connectivity index (χ3n) is 5.65. The summed E-state index contributed by atoms with van der Waals surface area (Å²) in [7, 11) is 0. The molecule has 3 nitrogen and oxygen atoms in total. The SMILES string of the molecule is Cc1cccc(C)c1N1C(=O)[C@@H]2[C@H]3C[C@@H]([C@@H](Br)[C@H]3Br)[C@H]2C1=O. The fourth-order valence-corrected chi connectivity index (χ4v) is 6.60. The average Bonchev–Trinajstić information content (AvgIpc) is 3.06. The molecule has 2 saturated carbocycles. The Morgan fingerprint density at radius 3 is 1.86 bits per heavy atom. The van der Waals surface area contributed by atoms with Gasteiger partial charge in [0.1, 0.15) is 0 Å². The van der Waals surface area contributed by atoms with Gasteiger partial charge in [-0.2, -0.15) is 0 Å². The van der Waals surface area contributed by atoms with Crippen molar-refractivity contribution in [2.75, 3.05) is 4.90 Å². The Labute approximate surface area is 146 Å². The molecule has 1 aliphatic heterocycles. The van der Waals surface area contributed by atoms with E-state index in [1.807, 2.05) is 32.0 Å². The Hall–Kier alpha value is -0.680. The van der Waals surface area contributed by atoms with E-state index in [0.717, 1.165) is 23.2 Å². The number of anilines is 1. The van der Waals surface area contributed by atoms with Crippen LogP contribution < -0.4 is 4.90 Å². The minimum Gasteiger partial charge on any atom is -0.274 e. The van der Waals surface area contributed by atoms with Crippen LogP contribution in [-0.4, -0.2) is 21.5 Å². The largest absolute Gasteiger partial charge is 0.274 e. The zero-order valence-electron chi connectivity index (χ0n) is 12.4. The smallest absolute Gasteiger partial charge is 0.238 e. The molecule has 0 N–H and O–H groups in total. The van der Waals surface area contributed by atoms with Crippen molar-refractivity contribution in [2.24, 2.45) is 23.7 Å². The summed E-state index contributed by atoms with van der Waals surface area (Å²) in [5.74, 6) is 0.257. The quantitative estimate of drug-likeness (QED) is 0.508. The molecule has 1 aromatic rings. The molecule has 1 heterocycles. The number of rotatable bonds is 1. The van der Waals surface area contributed by atoms with Crippen molar-refractivity contribution in [1.82, 2.24) is 0 Å². The number of hydrogen-bond acceptors (Lipinski definition) is 2. The van der Waals surface area contributed by atoms with Crippen LogP contribution in [0.3, 0.4) is 0 Å². The molecular formula is C17H17Br2NO2. The highest BCUT2D eigenvalue weighted by Gasteiger charge is 2.66. The number of aryl methyl sites for hydroxylation is 2. The van der Waals surface area contributed by atoms with Crippen molar-refractivity contribution in [3.8, 4) is 0 Å². The van der Waals surface area contributed by atoms with Gasteiger partial charge in [-0.05, 0) is 43.2 Å². The molecule has 1 aromatic carbocycles. The van der Waals surface area contributed by atoms with Gasteiger partial charge in [-0.25, -0.2) is 4.90 Å². The maximum Gasteiger partial charge on any atom is 0.238 e. The summed E-state index contributed by atoms with van der Waals surface area (Å²) in [5.41, 5.74) is 2.77. The van der Waals surface area contributed by atoms with Crippen LogP contribution >= 0.6 is 31.9 Å². The van der Waals surface area contributed by atoms with Gasteiger partial charge in [-0.1, -0.05) is 50.1 Å². The van der Waals surface area contributed by atoms with Gasteiger partial charge in [-0.15, -0.1) is 0 Å². The van der Waals surface area contributed by atoms with Crippen molar-refractivity contribution in [2.45, 2.75) is 29.9 Å². The molecule has 2 amide bonds. The zero-order chi connectivity index (χ0) is 15.8. The van der Waals surface area contributed by atoms with Crippen LogP contribution in [0.1, 0.15) is 17.5 Å². The summed E-state index contributed by atoms with van der Waals surface area (Å²) in [4.78, 5) is 28.1. The molecule has 5 heteroatoms. The molecule has 2 aliphatic carbocycles. The number of alkyl halides is 2. The van der Waals surface area contributed by atoms with E-state index in [-0.39, 0.29) is 45.1 Å². The van der Waals surface area contributed by atoms with E-state index >= 15 is 0 Å². The van der Waals surface area contributed by atoms with Gasteiger partial charge < -0.3 is 0 Å². The van der Waals surface area contributed by atoms with Gasteiger partial charge >= 0.3 is 0 Å². The van der Waals surface area contributed by atoms with Crippen LogP contribution in [-0.2, 0) is 9.59 Å². The third-order valence-corrected chi connectivity index (χ3v) is 8.86. The summed E-state index contributed by atoms with van der Waals surface area (Å²) in [5, 5.41) is 0. The Morgan fingerprint density at radius 2 is 1.41 bits per heavy atom. The topological polar surface area (TPSA) is 37.4 Å². The first-order chi connectivity index (χ1) is 10.4. The van der Waals surface area contributed by atoms with Crippen molar-refractivity contribution in [3.63, 3.8) is 0 Å². The fourth-order valence-electron chi connectivity index (χ4n) is 4.73. The summed E-state index contributed by atoms with van der Waals surface area (Å²) in [6, 6.07) is 5.89. The lowest BCUT2D eigenvalue weighted by molar-refractivity contribution is -0.123.